The second-order valence-corrected chi connectivity index (χ2v) is 7.12. The number of carbonyl (C=O) groups is 1. The Labute approximate surface area is 151 Å². The molecule has 0 unspecified atom stereocenters. The second-order valence-electron chi connectivity index (χ2n) is 6.24. The molecular weight excluding hydrogens is 338 g/mol. The minimum Gasteiger partial charge on any atom is -0.485 e. The highest BCUT2D eigenvalue weighted by molar-refractivity contribution is 7.12. The molecule has 25 heavy (non-hydrogen) atoms. The number of thiophene rings is 1. The Bertz CT molecular complexity index is 734. The van der Waals surface area contributed by atoms with E-state index in [1.807, 2.05) is 22.5 Å². The molecule has 0 aromatic carbocycles. The van der Waals surface area contributed by atoms with Gasteiger partial charge in [0.25, 0.3) is 5.91 Å². The molecule has 7 heteroatoms. The van der Waals surface area contributed by atoms with Gasteiger partial charge in [0.05, 0.1) is 0 Å². The second kappa shape index (κ2) is 7.41. The van der Waals surface area contributed by atoms with Gasteiger partial charge in [-0.25, -0.2) is 0 Å². The maximum atomic E-state index is 12.9. The number of rotatable bonds is 3. The van der Waals surface area contributed by atoms with Gasteiger partial charge >= 0.3 is 0 Å². The predicted octanol–water partition coefficient (Wildman–Crippen LogP) is 2.26. The summed E-state index contributed by atoms with van der Waals surface area (Å²) in [7, 11) is 0. The van der Waals surface area contributed by atoms with Gasteiger partial charge in [0, 0.05) is 50.5 Å². The van der Waals surface area contributed by atoms with Crippen LogP contribution in [0.25, 0.3) is 0 Å². The van der Waals surface area contributed by atoms with Crippen molar-refractivity contribution >= 4 is 17.2 Å². The van der Waals surface area contributed by atoms with Crippen molar-refractivity contribution in [2.75, 3.05) is 39.4 Å². The summed E-state index contributed by atoms with van der Waals surface area (Å²) in [5, 5.41) is 1.87. The van der Waals surface area contributed by atoms with Gasteiger partial charge in [0.1, 0.15) is 18.1 Å². The maximum Gasteiger partial charge on any atom is 0.267 e. The molecule has 0 spiro atoms. The van der Waals surface area contributed by atoms with Crippen LogP contribution in [0.15, 0.2) is 29.9 Å². The molecule has 2 aromatic rings. The van der Waals surface area contributed by atoms with Crippen molar-refractivity contribution in [1.82, 2.24) is 14.8 Å². The first kappa shape index (κ1) is 16.4. The SMILES string of the molecule is O=C(c1scc2c1OCCO2)N1CCCN(Cc2cccnc2)CC1. The highest BCUT2D eigenvalue weighted by Crippen LogP contribution is 2.40. The first-order valence-electron chi connectivity index (χ1n) is 8.59. The fraction of sp³-hybridized carbons (Fsp3) is 0.444. The van der Waals surface area contributed by atoms with Crippen LogP contribution in [0.2, 0.25) is 0 Å². The monoisotopic (exact) mass is 359 g/mol. The molecule has 4 heterocycles. The molecule has 2 aromatic heterocycles. The molecule has 6 nitrogen and oxygen atoms in total. The number of fused-ring (bicyclic) bond motifs is 1. The third kappa shape index (κ3) is 3.62. The average Bonchev–Trinajstić information content (AvgIpc) is 2.95. The third-order valence-electron chi connectivity index (χ3n) is 4.50. The molecular formula is C18H21N3O3S. The minimum atomic E-state index is 0.0555. The van der Waals surface area contributed by atoms with Crippen LogP contribution in [0.1, 0.15) is 21.7 Å². The molecule has 2 aliphatic rings. The quantitative estimate of drug-likeness (QED) is 0.841. The van der Waals surface area contributed by atoms with Gasteiger partial charge < -0.3 is 14.4 Å². The van der Waals surface area contributed by atoms with Gasteiger partial charge in [0.2, 0.25) is 0 Å². The van der Waals surface area contributed by atoms with E-state index in [1.54, 1.807) is 6.20 Å². The molecule has 1 fully saturated rings. The zero-order valence-electron chi connectivity index (χ0n) is 14.0. The molecule has 0 bridgehead atoms. The summed E-state index contributed by atoms with van der Waals surface area (Å²) in [4.78, 5) is 22.1. The zero-order valence-corrected chi connectivity index (χ0v) is 14.8. The number of carbonyl (C=O) groups excluding carboxylic acids is 1. The molecule has 132 valence electrons. The van der Waals surface area contributed by atoms with Gasteiger partial charge in [-0.05, 0) is 18.1 Å². The number of aromatic nitrogens is 1. The third-order valence-corrected chi connectivity index (χ3v) is 5.43. The van der Waals surface area contributed by atoms with Gasteiger partial charge in [-0.1, -0.05) is 6.07 Å². The normalized spacial score (nSPS) is 18.0. The fourth-order valence-electron chi connectivity index (χ4n) is 3.24. The number of hydrogen-bond acceptors (Lipinski definition) is 6. The predicted molar refractivity (Wildman–Crippen MR) is 95.3 cm³/mol. The topological polar surface area (TPSA) is 54.9 Å². The van der Waals surface area contributed by atoms with Crippen LogP contribution in [0.3, 0.4) is 0 Å². The Morgan fingerprint density at radius 1 is 1.20 bits per heavy atom. The summed E-state index contributed by atoms with van der Waals surface area (Å²) in [6, 6.07) is 4.06. The highest BCUT2D eigenvalue weighted by atomic mass is 32.1. The lowest BCUT2D eigenvalue weighted by atomic mass is 10.2. The summed E-state index contributed by atoms with van der Waals surface area (Å²) < 4.78 is 11.2. The summed E-state index contributed by atoms with van der Waals surface area (Å²) in [5.74, 6) is 1.38. The molecule has 0 aliphatic carbocycles. The van der Waals surface area contributed by atoms with Gasteiger partial charge in [-0.3, -0.25) is 14.7 Å². The smallest absolute Gasteiger partial charge is 0.267 e. The summed E-state index contributed by atoms with van der Waals surface area (Å²) in [6.07, 6.45) is 4.67. The summed E-state index contributed by atoms with van der Waals surface area (Å²) in [5.41, 5.74) is 1.21. The van der Waals surface area contributed by atoms with Crippen molar-refractivity contribution in [3.63, 3.8) is 0 Å². The van der Waals surface area contributed by atoms with E-state index in [2.05, 4.69) is 16.0 Å². The lowest BCUT2D eigenvalue weighted by molar-refractivity contribution is 0.0757. The largest absolute Gasteiger partial charge is 0.485 e. The molecule has 0 N–H and O–H groups in total. The number of nitrogens with zero attached hydrogens (tertiary/aromatic N) is 3. The summed E-state index contributed by atoms with van der Waals surface area (Å²) in [6.45, 7) is 5.28. The molecule has 0 radical (unpaired) electrons. The van der Waals surface area contributed by atoms with E-state index in [4.69, 9.17) is 9.47 Å². The number of ether oxygens (including phenoxy) is 2. The van der Waals surface area contributed by atoms with Crippen LogP contribution in [-0.2, 0) is 6.54 Å². The van der Waals surface area contributed by atoms with Crippen molar-refractivity contribution in [3.05, 3.63) is 40.3 Å². The van der Waals surface area contributed by atoms with E-state index in [0.717, 1.165) is 39.1 Å². The molecule has 0 atom stereocenters. The van der Waals surface area contributed by atoms with E-state index in [0.29, 0.717) is 29.6 Å². The van der Waals surface area contributed by atoms with E-state index in [1.165, 1.54) is 16.9 Å². The number of pyridine rings is 1. The van der Waals surface area contributed by atoms with Crippen LogP contribution in [0, 0.1) is 0 Å². The van der Waals surface area contributed by atoms with Crippen molar-refractivity contribution in [1.29, 1.82) is 0 Å². The molecule has 2 aliphatic heterocycles. The maximum absolute atomic E-state index is 12.9. The highest BCUT2D eigenvalue weighted by Gasteiger charge is 2.28. The van der Waals surface area contributed by atoms with Gasteiger partial charge in [0.15, 0.2) is 11.5 Å². The first-order chi connectivity index (χ1) is 12.3. The zero-order chi connectivity index (χ0) is 17.1. The fourth-order valence-corrected chi connectivity index (χ4v) is 4.13. The van der Waals surface area contributed by atoms with Crippen molar-refractivity contribution in [2.45, 2.75) is 13.0 Å². The Morgan fingerprint density at radius 2 is 2.12 bits per heavy atom. The van der Waals surface area contributed by atoms with E-state index >= 15 is 0 Å². The molecule has 1 amide bonds. The Balaban J connectivity index is 1.40. The lowest BCUT2D eigenvalue weighted by Crippen LogP contribution is -2.35. The van der Waals surface area contributed by atoms with Crippen molar-refractivity contribution < 1.29 is 14.3 Å². The average molecular weight is 359 g/mol. The van der Waals surface area contributed by atoms with Crippen LogP contribution in [0.5, 0.6) is 11.5 Å². The number of hydrogen-bond donors (Lipinski definition) is 0. The van der Waals surface area contributed by atoms with Crippen LogP contribution >= 0.6 is 11.3 Å². The van der Waals surface area contributed by atoms with E-state index in [9.17, 15) is 4.79 Å². The van der Waals surface area contributed by atoms with Crippen LogP contribution in [-0.4, -0.2) is 60.1 Å². The van der Waals surface area contributed by atoms with Crippen LogP contribution in [0.4, 0.5) is 0 Å². The van der Waals surface area contributed by atoms with Crippen LogP contribution < -0.4 is 9.47 Å². The van der Waals surface area contributed by atoms with Gasteiger partial charge in [-0.2, -0.15) is 0 Å². The standard InChI is InChI=1S/C18H21N3O3S/c22-18(17-16-15(13-25-17)23-9-10-24-16)21-6-2-5-20(7-8-21)12-14-3-1-4-19-11-14/h1,3-4,11,13H,2,5-10,12H2. The van der Waals surface area contributed by atoms with E-state index in [-0.39, 0.29) is 5.91 Å². The Morgan fingerprint density at radius 3 is 3.00 bits per heavy atom. The Kier molecular flexibility index (Phi) is 4.85. The van der Waals surface area contributed by atoms with Gasteiger partial charge in [-0.15, -0.1) is 11.3 Å². The first-order valence-corrected chi connectivity index (χ1v) is 9.47. The summed E-state index contributed by atoms with van der Waals surface area (Å²) >= 11 is 1.41. The lowest BCUT2D eigenvalue weighted by Gasteiger charge is -2.22. The molecule has 1 saturated heterocycles. The molecule has 0 saturated carbocycles. The van der Waals surface area contributed by atoms with E-state index < -0.39 is 0 Å². The number of amides is 1. The minimum absolute atomic E-state index is 0.0555. The molecule has 4 rings (SSSR count). The van der Waals surface area contributed by atoms with Crippen molar-refractivity contribution in [3.8, 4) is 11.5 Å². The van der Waals surface area contributed by atoms with Crippen molar-refractivity contribution in [2.24, 2.45) is 0 Å². The Hall–Kier alpha value is -2.12.